The van der Waals surface area contributed by atoms with Gasteiger partial charge in [0.25, 0.3) is 5.91 Å². The van der Waals surface area contributed by atoms with Crippen molar-refractivity contribution in [3.05, 3.63) is 33.8 Å². The average Bonchev–Trinajstić information content (AvgIpc) is 2.28. The molecule has 0 aromatic heterocycles. The van der Waals surface area contributed by atoms with Crippen molar-refractivity contribution in [1.82, 2.24) is 5.32 Å². The summed E-state index contributed by atoms with van der Waals surface area (Å²) in [6.45, 7) is 9.21. The van der Waals surface area contributed by atoms with E-state index in [2.05, 4.69) is 42.0 Å². The monoisotopic (exact) mass is 297 g/mol. The van der Waals surface area contributed by atoms with Crippen molar-refractivity contribution in [1.29, 1.82) is 0 Å². The van der Waals surface area contributed by atoms with E-state index in [1.54, 1.807) is 0 Å². The summed E-state index contributed by atoms with van der Waals surface area (Å²) in [7, 11) is 0. The molecule has 17 heavy (non-hydrogen) atoms. The van der Waals surface area contributed by atoms with E-state index in [0.717, 1.165) is 16.6 Å². The van der Waals surface area contributed by atoms with Crippen LogP contribution >= 0.6 is 15.9 Å². The molecule has 1 unspecified atom stereocenters. The molecule has 3 heteroatoms. The summed E-state index contributed by atoms with van der Waals surface area (Å²) in [5, 5.41) is 2.97. The lowest BCUT2D eigenvalue weighted by molar-refractivity contribution is 0.0945. The smallest absolute Gasteiger partial charge is 0.251 e. The third-order valence-corrected chi connectivity index (χ3v) is 4.01. The predicted molar refractivity (Wildman–Crippen MR) is 75.2 cm³/mol. The molecule has 0 fully saturated rings. The lowest BCUT2D eigenvalue weighted by atomic mass is 9.98. The van der Waals surface area contributed by atoms with Gasteiger partial charge in [0.05, 0.1) is 0 Å². The SMILES string of the molecule is Cc1ccc(C(=O)NCC(C)C(C)C)cc1Br. The Kier molecular flexibility index (Phi) is 5.19. The van der Waals surface area contributed by atoms with E-state index in [4.69, 9.17) is 0 Å². The molecule has 0 aliphatic carbocycles. The molecule has 0 saturated carbocycles. The van der Waals surface area contributed by atoms with Crippen LogP contribution < -0.4 is 5.32 Å². The summed E-state index contributed by atoms with van der Waals surface area (Å²) >= 11 is 3.44. The van der Waals surface area contributed by atoms with Gasteiger partial charge in [-0.05, 0) is 36.5 Å². The van der Waals surface area contributed by atoms with Crippen LogP contribution in [0.25, 0.3) is 0 Å². The van der Waals surface area contributed by atoms with Gasteiger partial charge in [-0.25, -0.2) is 0 Å². The van der Waals surface area contributed by atoms with Gasteiger partial charge >= 0.3 is 0 Å². The second-order valence-electron chi connectivity index (χ2n) is 4.90. The van der Waals surface area contributed by atoms with Crippen molar-refractivity contribution in [3.8, 4) is 0 Å². The number of carbonyl (C=O) groups is 1. The fourth-order valence-corrected chi connectivity index (χ4v) is 1.70. The molecule has 1 N–H and O–H groups in total. The highest BCUT2D eigenvalue weighted by Gasteiger charge is 2.11. The van der Waals surface area contributed by atoms with Crippen LogP contribution in [-0.4, -0.2) is 12.5 Å². The van der Waals surface area contributed by atoms with Crippen molar-refractivity contribution >= 4 is 21.8 Å². The van der Waals surface area contributed by atoms with Gasteiger partial charge in [0.15, 0.2) is 0 Å². The van der Waals surface area contributed by atoms with Gasteiger partial charge in [-0.2, -0.15) is 0 Å². The van der Waals surface area contributed by atoms with Crippen LogP contribution in [0.2, 0.25) is 0 Å². The summed E-state index contributed by atoms with van der Waals surface area (Å²) in [5.41, 5.74) is 1.84. The van der Waals surface area contributed by atoms with Crippen molar-refractivity contribution < 1.29 is 4.79 Å². The summed E-state index contributed by atoms with van der Waals surface area (Å²) in [5.74, 6) is 1.08. The number of amides is 1. The molecule has 0 bridgehead atoms. The maximum atomic E-state index is 11.9. The van der Waals surface area contributed by atoms with Gasteiger partial charge in [0.1, 0.15) is 0 Å². The zero-order valence-corrected chi connectivity index (χ0v) is 12.5. The Morgan fingerprint density at radius 2 is 2.00 bits per heavy atom. The van der Waals surface area contributed by atoms with Crippen molar-refractivity contribution in [2.45, 2.75) is 27.7 Å². The van der Waals surface area contributed by atoms with Crippen molar-refractivity contribution in [2.75, 3.05) is 6.54 Å². The van der Waals surface area contributed by atoms with E-state index < -0.39 is 0 Å². The standard InChI is InChI=1S/C14H20BrNO/c1-9(2)11(4)8-16-14(17)12-6-5-10(3)13(15)7-12/h5-7,9,11H,8H2,1-4H3,(H,16,17). The molecular formula is C14H20BrNO. The molecule has 0 saturated heterocycles. The maximum absolute atomic E-state index is 11.9. The molecule has 94 valence electrons. The number of carbonyl (C=O) groups excluding carboxylic acids is 1. The number of hydrogen-bond donors (Lipinski definition) is 1. The molecule has 1 atom stereocenters. The second-order valence-corrected chi connectivity index (χ2v) is 5.75. The number of benzene rings is 1. The first-order valence-corrected chi connectivity index (χ1v) is 6.75. The number of rotatable bonds is 4. The zero-order valence-electron chi connectivity index (χ0n) is 10.9. The Balaban J connectivity index is 2.61. The van der Waals surface area contributed by atoms with Crippen LogP contribution in [0.3, 0.4) is 0 Å². The second kappa shape index (κ2) is 6.20. The Bertz CT molecular complexity index is 401. The summed E-state index contributed by atoms with van der Waals surface area (Å²) in [6, 6.07) is 5.67. The van der Waals surface area contributed by atoms with E-state index in [1.807, 2.05) is 25.1 Å². The summed E-state index contributed by atoms with van der Waals surface area (Å²) < 4.78 is 0.974. The van der Waals surface area contributed by atoms with E-state index in [1.165, 1.54) is 0 Å². The van der Waals surface area contributed by atoms with Gasteiger partial charge < -0.3 is 5.32 Å². The fraction of sp³-hybridized carbons (Fsp3) is 0.500. The van der Waals surface area contributed by atoms with Crippen LogP contribution in [0.15, 0.2) is 22.7 Å². The van der Waals surface area contributed by atoms with Crippen LogP contribution in [0.5, 0.6) is 0 Å². The third kappa shape index (κ3) is 4.15. The minimum absolute atomic E-state index is 0.00167. The highest BCUT2D eigenvalue weighted by Crippen LogP contribution is 2.17. The largest absolute Gasteiger partial charge is 0.352 e. The molecule has 1 amide bonds. The van der Waals surface area contributed by atoms with Crippen LogP contribution in [0, 0.1) is 18.8 Å². The van der Waals surface area contributed by atoms with Gasteiger partial charge in [-0.15, -0.1) is 0 Å². The quantitative estimate of drug-likeness (QED) is 0.900. The zero-order chi connectivity index (χ0) is 13.0. The van der Waals surface area contributed by atoms with E-state index in [-0.39, 0.29) is 5.91 Å². The molecule has 1 aromatic carbocycles. The molecule has 0 heterocycles. The van der Waals surface area contributed by atoms with Gasteiger partial charge in [0.2, 0.25) is 0 Å². The van der Waals surface area contributed by atoms with Crippen molar-refractivity contribution in [2.24, 2.45) is 11.8 Å². The number of hydrogen-bond acceptors (Lipinski definition) is 1. The highest BCUT2D eigenvalue weighted by atomic mass is 79.9. The van der Waals surface area contributed by atoms with Crippen LogP contribution in [0.1, 0.15) is 36.7 Å². The number of aryl methyl sites for hydroxylation is 1. The summed E-state index contributed by atoms with van der Waals surface area (Å²) in [4.78, 5) is 11.9. The third-order valence-electron chi connectivity index (χ3n) is 3.16. The molecule has 0 spiro atoms. The molecule has 0 aliphatic heterocycles. The highest BCUT2D eigenvalue weighted by molar-refractivity contribution is 9.10. The minimum atomic E-state index is -0.00167. The molecule has 2 nitrogen and oxygen atoms in total. The molecule has 0 aliphatic rings. The average molecular weight is 298 g/mol. The van der Waals surface area contributed by atoms with E-state index in [0.29, 0.717) is 17.4 Å². The minimum Gasteiger partial charge on any atom is -0.352 e. The molecule has 1 rings (SSSR count). The first-order chi connectivity index (χ1) is 7.91. The lowest BCUT2D eigenvalue weighted by Crippen LogP contribution is -2.30. The lowest BCUT2D eigenvalue weighted by Gasteiger charge is -2.16. The molecule has 0 radical (unpaired) electrons. The van der Waals surface area contributed by atoms with Gasteiger partial charge in [0, 0.05) is 16.6 Å². The number of halogens is 1. The summed E-state index contributed by atoms with van der Waals surface area (Å²) in [6.07, 6.45) is 0. The van der Waals surface area contributed by atoms with E-state index in [9.17, 15) is 4.79 Å². The number of nitrogens with one attached hydrogen (secondary N) is 1. The molecular weight excluding hydrogens is 278 g/mol. The fourth-order valence-electron chi connectivity index (χ4n) is 1.33. The predicted octanol–water partition coefficient (Wildman–Crippen LogP) is 3.78. The van der Waals surface area contributed by atoms with Crippen LogP contribution in [-0.2, 0) is 0 Å². The Hall–Kier alpha value is -0.830. The Labute approximate surface area is 112 Å². The van der Waals surface area contributed by atoms with E-state index >= 15 is 0 Å². The Morgan fingerprint density at radius 1 is 1.35 bits per heavy atom. The van der Waals surface area contributed by atoms with Gasteiger partial charge in [-0.3, -0.25) is 4.79 Å². The van der Waals surface area contributed by atoms with Crippen molar-refractivity contribution in [3.63, 3.8) is 0 Å². The first-order valence-electron chi connectivity index (χ1n) is 5.96. The normalized spacial score (nSPS) is 12.6. The topological polar surface area (TPSA) is 29.1 Å². The van der Waals surface area contributed by atoms with Gasteiger partial charge in [-0.1, -0.05) is 42.8 Å². The Morgan fingerprint density at radius 3 is 2.53 bits per heavy atom. The molecule has 1 aromatic rings. The van der Waals surface area contributed by atoms with Crippen LogP contribution in [0.4, 0.5) is 0 Å². The first kappa shape index (κ1) is 14.2. The maximum Gasteiger partial charge on any atom is 0.251 e.